The van der Waals surface area contributed by atoms with Crippen molar-refractivity contribution in [2.45, 2.75) is 0 Å². The molecule has 0 aliphatic carbocycles. The molecule has 7 heteroatoms. The fourth-order valence-corrected chi connectivity index (χ4v) is 2.78. The molecular formula is C22H15ClN2O4. The Balaban J connectivity index is 1.78. The third kappa shape index (κ3) is 5.15. The van der Waals surface area contributed by atoms with Gasteiger partial charge in [0.15, 0.2) is 5.78 Å². The molecule has 0 aromatic heterocycles. The van der Waals surface area contributed by atoms with Crippen LogP contribution in [0, 0.1) is 10.1 Å². The molecular weight excluding hydrogens is 392 g/mol. The van der Waals surface area contributed by atoms with Crippen LogP contribution < -0.4 is 5.32 Å². The highest BCUT2D eigenvalue weighted by atomic mass is 35.5. The number of anilines is 1. The lowest BCUT2D eigenvalue weighted by Crippen LogP contribution is -2.12. The van der Waals surface area contributed by atoms with E-state index < -0.39 is 10.8 Å². The molecule has 0 unspecified atom stereocenters. The smallest absolute Gasteiger partial charge is 0.269 e. The van der Waals surface area contributed by atoms with E-state index in [4.69, 9.17) is 11.6 Å². The predicted octanol–water partition coefficient (Wildman–Crippen LogP) is 5.13. The quantitative estimate of drug-likeness (QED) is 0.266. The van der Waals surface area contributed by atoms with E-state index >= 15 is 0 Å². The number of ketones is 1. The van der Waals surface area contributed by atoms with Crippen LogP contribution in [0.3, 0.4) is 0 Å². The van der Waals surface area contributed by atoms with Crippen LogP contribution in [0.4, 0.5) is 11.4 Å². The second-order valence-electron chi connectivity index (χ2n) is 6.06. The van der Waals surface area contributed by atoms with Crippen LogP contribution in [0.2, 0.25) is 5.02 Å². The van der Waals surface area contributed by atoms with Gasteiger partial charge in [-0.3, -0.25) is 19.7 Å². The van der Waals surface area contributed by atoms with E-state index in [-0.39, 0.29) is 17.0 Å². The zero-order valence-electron chi connectivity index (χ0n) is 15.0. The van der Waals surface area contributed by atoms with Crippen molar-refractivity contribution >= 4 is 40.7 Å². The van der Waals surface area contributed by atoms with Gasteiger partial charge in [-0.15, -0.1) is 0 Å². The maximum Gasteiger partial charge on any atom is 0.269 e. The van der Waals surface area contributed by atoms with Gasteiger partial charge in [0, 0.05) is 34.4 Å². The zero-order valence-corrected chi connectivity index (χ0v) is 15.8. The minimum atomic E-state index is -0.494. The van der Waals surface area contributed by atoms with Crippen LogP contribution in [-0.2, 0) is 4.79 Å². The monoisotopic (exact) mass is 406 g/mol. The summed E-state index contributed by atoms with van der Waals surface area (Å²) in [7, 11) is 0. The number of nitro benzene ring substituents is 1. The molecule has 1 amide bonds. The summed E-state index contributed by atoms with van der Waals surface area (Å²) in [5.41, 5.74) is 1.69. The van der Waals surface area contributed by atoms with Crippen molar-refractivity contribution in [3.63, 3.8) is 0 Å². The van der Waals surface area contributed by atoms with Gasteiger partial charge in [-0.05, 0) is 42.0 Å². The van der Waals surface area contributed by atoms with Gasteiger partial charge in [-0.1, -0.05) is 41.9 Å². The first kappa shape index (κ1) is 20.0. The number of carbonyl (C=O) groups excluding carboxylic acids is 2. The number of amides is 1. The van der Waals surface area contributed by atoms with Crippen LogP contribution in [0.5, 0.6) is 0 Å². The van der Waals surface area contributed by atoms with Crippen LogP contribution in [-0.4, -0.2) is 16.6 Å². The molecule has 0 radical (unpaired) electrons. The Morgan fingerprint density at radius 1 is 0.966 bits per heavy atom. The van der Waals surface area contributed by atoms with Gasteiger partial charge in [-0.25, -0.2) is 0 Å². The van der Waals surface area contributed by atoms with Gasteiger partial charge in [-0.2, -0.15) is 0 Å². The topological polar surface area (TPSA) is 89.3 Å². The number of benzene rings is 3. The maximum absolute atomic E-state index is 12.8. The van der Waals surface area contributed by atoms with E-state index in [2.05, 4.69) is 5.32 Å². The molecule has 0 bridgehead atoms. The summed E-state index contributed by atoms with van der Waals surface area (Å²) in [6.07, 6.45) is 2.81. The minimum absolute atomic E-state index is 0.0307. The number of rotatable bonds is 6. The van der Waals surface area contributed by atoms with Gasteiger partial charge >= 0.3 is 0 Å². The Kier molecular flexibility index (Phi) is 6.16. The minimum Gasteiger partial charge on any atom is -0.322 e. The number of hydrogen-bond acceptors (Lipinski definition) is 4. The molecule has 6 nitrogen and oxygen atoms in total. The average Bonchev–Trinajstić information content (AvgIpc) is 2.74. The third-order valence-corrected chi connectivity index (χ3v) is 4.29. The first-order valence-corrected chi connectivity index (χ1v) is 8.94. The second kappa shape index (κ2) is 8.95. The molecule has 3 aromatic rings. The van der Waals surface area contributed by atoms with Gasteiger partial charge < -0.3 is 5.32 Å². The molecule has 0 atom stereocenters. The van der Waals surface area contributed by atoms with E-state index in [1.165, 1.54) is 42.5 Å². The molecule has 0 fully saturated rings. The van der Waals surface area contributed by atoms with Gasteiger partial charge in [0.2, 0.25) is 5.91 Å². The Labute approximate surface area is 171 Å². The van der Waals surface area contributed by atoms with Crippen LogP contribution in [0.15, 0.2) is 78.9 Å². The highest BCUT2D eigenvalue weighted by Gasteiger charge is 2.15. The summed E-state index contributed by atoms with van der Waals surface area (Å²) in [6, 6.07) is 19.1. The highest BCUT2D eigenvalue weighted by Crippen LogP contribution is 2.24. The zero-order chi connectivity index (χ0) is 20.8. The molecule has 0 saturated heterocycles. The van der Waals surface area contributed by atoms with Crippen molar-refractivity contribution in [1.82, 2.24) is 0 Å². The summed E-state index contributed by atoms with van der Waals surface area (Å²) in [5.74, 6) is -0.712. The number of hydrogen-bond donors (Lipinski definition) is 1. The predicted molar refractivity (Wildman–Crippen MR) is 112 cm³/mol. The van der Waals surface area contributed by atoms with Gasteiger partial charge in [0.05, 0.1) is 10.6 Å². The fourth-order valence-electron chi connectivity index (χ4n) is 2.61. The molecule has 3 aromatic carbocycles. The van der Waals surface area contributed by atoms with Crippen molar-refractivity contribution in [1.29, 1.82) is 0 Å². The summed E-state index contributed by atoms with van der Waals surface area (Å²) >= 11 is 6.03. The molecule has 1 N–H and O–H groups in total. The third-order valence-electron chi connectivity index (χ3n) is 4.05. The molecule has 0 heterocycles. The van der Waals surface area contributed by atoms with Crippen LogP contribution in [0.25, 0.3) is 6.08 Å². The van der Waals surface area contributed by atoms with E-state index in [0.717, 1.165) is 0 Å². The number of carbonyl (C=O) groups is 2. The number of nitro groups is 1. The second-order valence-corrected chi connectivity index (χ2v) is 6.49. The summed E-state index contributed by atoms with van der Waals surface area (Å²) in [6.45, 7) is 0. The van der Waals surface area contributed by atoms with E-state index in [1.54, 1.807) is 42.5 Å². The molecule has 0 saturated carbocycles. The van der Waals surface area contributed by atoms with E-state index in [0.29, 0.717) is 21.8 Å². The standard InChI is InChI=1S/C22H15ClN2O4/c23-17-9-12-20(19(14-17)22(27)16-4-2-1-3-5-16)24-21(26)13-8-15-6-10-18(11-7-15)25(28)29/h1-14H,(H,24,26). The number of nitrogens with one attached hydrogen (secondary N) is 1. The molecule has 0 aliphatic heterocycles. The largest absolute Gasteiger partial charge is 0.322 e. The number of halogens is 1. The highest BCUT2D eigenvalue weighted by molar-refractivity contribution is 6.31. The van der Waals surface area contributed by atoms with Gasteiger partial charge in [0.1, 0.15) is 0 Å². The molecule has 0 spiro atoms. The molecule has 29 heavy (non-hydrogen) atoms. The SMILES string of the molecule is O=C(C=Cc1ccc([N+](=O)[O-])cc1)Nc1ccc(Cl)cc1C(=O)c1ccccc1. The lowest BCUT2D eigenvalue weighted by atomic mass is 10.0. The van der Waals surface area contributed by atoms with Crippen LogP contribution >= 0.6 is 11.6 Å². The normalized spacial score (nSPS) is 10.7. The molecule has 144 valence electrons. The fraction of sp³-hybridized carbons (Fsp3) is 0. The van der Waals surface area contributed by atoms with E-state index in [1.807, 2.05) is 0 Å². The Morgan fingerprint density at radius 3 is 2.31 bits per heavy atom. The summed E-state index contributed by atoms with van der Waals surface area (Å²) in [5, 5.41) is 13.7. The van der Waals surface area contributed by atoms with Crippen molar-refractivity contribution in [3.8, 4) is 0 Å². The first-order chi connectivity index (χ1) is 13.9. The summed E-state index contributed by atoms with van der Waals surface area (Å²) in [4.78, 5) is 35.3. The Bertz CT molecular complexity index is 1090. The van der Waals surface area contributed by atoms with Crippen molar-refractivity contribution < 1.29 is 14.5 Å². The number of non-ortho nitro benzene ring substituents is 1. The van der Waals surface area contributed by atoms with Gasteiger partial charge in [0.25, 0.3) is 5.69 Å². The first-order valence-electron chi connectivity index (χ1n) is 8.57. The van der Waals surface area contributed by atoms with Crippen LogP contribution in [0.1, 0.15) is 21.5 Å². The molecule has 3 rings (SSSR count). The Hall–Kier alpha value is -3.77. The Morgan fingerprint density at radius 2 is 1.66 bits per heavy atom. The molecule has 0 aliphatic rings. The lowest BCUT2D eigenvalue weighted by Gasteiger charge is -2.10. The lowest BCUT2D eigenvalue weighted by molar-refractivity contribution is -0.384. The number of nitrogens with zero attached hydrogens (tertiary/aromatic N) is 1. The average molecular weight is 407 g/mol. The van der Waals surface area contributed by atoms with Crippen molar-refractivity contribution in [2.75, 3.05) is 5.32 Å². The summed E-state index contributed by atoms with van der Waals surface area (Å²) < 4.78 is 0. The van der Waals surface area contributed by atoms with Crippen molar-refractivity contribution in [2.24, 2.45) is 0 Å². The van der Waals surface area contributed by atoms with E-state index in [9.17, 15) is 19.7 Å². The van der Waals surface area contributed by atoms with Crippen molar-refractivity contribution in [3.05, 3.63) is 111 Å². The maximum atomic E-state index is 12.8.